The molecule has 0 amide bonds. The summed E-state index contributed by atoms with van der Waals surface area (Å²) in [7, 11) is 0. The van der Waals surface area contributed by atoms with Gasteiger partial charge in [0, 0.05) is 39.5 Å². The summed E-state index contributed by atoms with van der Waals surface area (Å²) >= 11 is 0. The molecule has 0 aliphatic rings. The lowest BCUT2D eigenvalue weighted by Gasteiger charge is -2.18. The molecule has 3 aromatic heterocycles. The molecule has 0 aliphatic heterocycles. The van der Waals surface area contributed by atoms with Gasteiger partial charge in [0.05, 0.1) is 62.3 Å². The van der Waals surface area contributed by atoms with E-state index in [9.17, 15) is 15.8 Å². The highest BCUT2D eigenvalue weighted by Crippen LogP contribution is 2.40. The Morgan fingerprint density at radius 3 is 1.55 bits per heavy atom. The number of hydrogen-bond donors (Lipinski definition) is 0. The van der Waals surface area contributed by atoms with Gasteiger partial charge in [-0.15, -0.1) is 0 Å². The maximum absolute atomic E-state index is 10.7. The fraction of sp³-hybridized carbons (Fsp3) is 0. The molecule has 0 fully saturated rings. The monoisotopic (exact) mass is 560 g/mol. The Hall–Kier alpha value is -6.68. The molecule has 3 heterocycles. The van der Waals surface area contributed by atoms with Crippen LogP contribution >= 0.6 is 0 Å². The van der Waals surface area contributed by atoms with Gasteiger partial charge in [0.25, 0.3) is 0 Å². The maximum Gasteiger partial charge on any atom is 0.101 e. The van der Waals surface area contributed by atoms with E-state index in [0.717, 1.165) is 66.1 Å². The molecule has 0 atom stereocenters. The number of benzene rings is 5. The third-order valence-electron chi connectivity index (χ3n) is 8.31. The Balaban J connectivity index is 1.52. The second-order valence-electron chi connectivity index (χ2n) is 10.6. The van der Waals surface area contributed by atoms with Crippen molar-refractivity contribution in [1.82, 2.24) is 14.1 Å². The highest BCUT2D eigenvalue weighted by molar-refractivity contribution is 6.11. The van der Waals surface area contributed by atoms with Crippen LogP contribution in [0.3, 0.4) is 0 Å². The van der Waals surface area contributed by atoms with Gasteiger partial charge < -0.3 is 9.13 Å². The van der Waals surface area contributed by atoms with Crippen molar-refractivity contribution in [1.29, 1.82) is 15.8 Å². The van der Waals surface area contributed by atoms with Crippen LogP contribution in [0.2, 0.25) is 0 Å². The molecule has 6 nitrogen and oxygen atoms in total. The lowest BCUT2D eigenvalue weighted by atomic mass is 10.00. The van der Waals surface area contributed by atoms with Crippen LogP contribution in [-0.2, 0) is 0 Å². The largest absolute Gasteiger partial charge is 0.309 e. The zero-order valence-corrected chi connectivity index (χ0v) is 23.2. The van der Waals surface area contributed by atoms with Crippen molar-refractivity contribution >= 4 is 43.6 Å². The van der Waals surface area contributed by atoms with E-state index in [2.05, 4.69) is 50.5 Å². The first-order chi connectivity index (χ1) is 21.7. The maximum atomic E-state index is 10.7. The van der Waals surface area contributed by atoms with Crippen molar-refractivity contribution < 1.29 is 0 Å². The van der Waals surface area contributed by atoms with E-state index >= 15 is 0 Å². The Bertz CT molecular complexity index is 2580. The molecule has 0 unspecified atom stereocenters. The number of nitrogens with zero attached hydrogens (tertiary/aromatic N) is 6. The van der Waals surface area contributed by atoms with Gasteiger partial charge in [0.1, 0.15) is 6.07 Å². The molecule has 44 heavy (non-hydrogen) atoms. The zero-order valence-electron chi connectivity index (χ0n) is 23.2. The Morgan fingerprint density at radius 2 is 1.00 bits per heavy atom. The predicted molar refractivity (Wildman–Crippen MR) is 172 cm³/mol. The van der Waals surface area contributed by atoms with E-state index in [0.29, 0.717) is 16.7 Å². The van der Waals surface area contributed by atoms with Crippen molar-refractivity contribution in [3.8, 4) is 40.7 Å². The third kappa shape index (κ3) is 3.61. The number of hydrogen-bond acceptors (Lipinski definition) is 4. The summed E-state index contributed by atoms with van der Waals surface area (Å²) in [6, 6.07) is 42.6. The van der Waals surface area contributed by atoms with Crippen molar-refractivity contribution in [3.05, 3.63) is 138 Å². The van der Waals surface area contributed by atoms with Crippen molar-refractivity contribution in [3.63, 3.8) is 0 Å². The molecule has 8 aromatic rings. The molecule has 6 heteroatoms. The van der Waals surface area contributed by atoms with Gasteiger partial charge in [-0.2, -0.15) is 15.8 Å². The van der Waals surface area contributed by atoms with E-state index < -0.39 is 0 Å². The minimum Gasteiger partial charge on any atom is -0.309 e. The Morgan fingerprint density at radius 1 is 0.477 bits per heavy atom. The van der Waals surface area contributed by atoms with E-state index in [1.165, 1.54) is 0 Å². The summed E-state index contributed by atoms with van der Waals surface area (Å²) in [6.45, 7) is 0. The van der Waals surface area contributed by atoms with E-state index in [1.807, 2.05) is 91.0 Å². The van der Waals surface area contributed by atoms with Gasteiger partial charge in [-0.1, -0.05) is 36.4 Å². The number of pyridine rings is 1. The first kappa shape index (κ1) is 25.1. The second kappa shape index (κ2) is 9.71. The van der Waals surface area contributed by atoms with E-state index in [4.69, 9.17) is 0 Å². The van der Waals surface area contributed by atoms with Crippen molar-refractivity contribution in [2.75, 3.05) is 0 Å². The van der Waals surface area contributed by atoms with E-state index in [-0.39, 0.29) is 0 Å². The molecule has 0 N–H and O–H groups in total. The second-order valence-corrected chi connectivity index (χ2v) is 10.6. The average molecular weight is 561 g/mol. The molecule has 0 saturated heterocycles. The molecule has 5 aromatic carbocycles. The van der Waals surface area contributed by atoms with Gasteiger partial charge in [-0.3, -0.25) is 4.98 Å². The summed E-state index contributed by atoms with van der Waals surface area (Å²) < 4.78 is 4.29. The minimum atomic E-state index is 0.504. The molecule has 0 bridgehead atoms. The SMILES string of the molecule is N#Cc1ccc2c(c1)c1ccccc1n2-c1cc(-c2ccncc2)c(-n2c3ccccc3c3cc(C#N)ccc32)cc1C#N. The van der Waals surface area contributed by atoms with Crippen LogP contribution in [-0.4, -0.2) is 14.1 Å². The van der Waals surface area contributed by atoms with Gasteiger partial charge in [-0.05, 0) is 78.4 Å². The third-order valence-corrected chi connectivity index (χ3v) is 8.31. The number of nitriles is 3. The molecular formula is C38H20N6. The van der Waals surface area contributed by atoms with Crippen LogP contribution in [0.15, 0.2) is 122 Å². The summed E-state index contributed by atoms with van der Waals surface area (Å²) in [6.07, 6.45) is 3.54. The van der Waals surface area contributed by atoms with Crippen LogP contribution in [0.1, 0.15) is 16.7 Å². The Labute approximate surface area is 252 Å². The van der Waals surface area contributed by atoms with E-state index in [1.54, 1.807) is 12.4 Å². The molecule has 8 rings (SSSR count). The first-order valence-corrected chi connectivity index (χ1v) is 14.1. The van der Waals surface area contributed by atoms with Crippen LogP contribution < -0.4 is 0 Å². The molecule has 0 radical (unpaired) electrons. The average Bonchev–Trinajstić information content (AvgIpc) is 3.60. The summed E-state index contributed by atoms with van der Waals surface area (Å²) in [4.78, 5) is 4.27. The fourth-order valence-electron chi connectivity index (χ4n) is 6.40. The van der Waals surface area contributed by atoms with Gasteiger partial charge in [0.2, 0.25) is 0 Å². The highest BCUT2D eigenvalue weighted by atomic mass is 15.0. The van der Waals surface area contributed by atoms with Gasteiger partial charge >= 0.3 is 0 Å². The van der Waals surface area contributed by atoms with Crippen LogP contribution in [0.5, 0.6) is 0 Å². The number of fused-ring (bicyclic) bond motifs is 6. The van der Waals surface area contributed by atoms with Crippen LogP contribution in [0.4, 0.5) is 0 Å². The number of para-hydroxylation sites is 2. The van der Waals surface area contributed by atoms with Gasteiger partial charge in [-0.25, -0.2) is 0 Å². The quantitative estimate of drug-likeness (QED) is 0.216. The number of aromatic nitrogens is 3. The smallest absolute Gasteiger partial charge is 0.101 e. The molecule has 202 valence electrons. The number of rotatable bonds is 3. The van der Waals surface area contributed by atoms with Crippen LogP contribution in [0, 0.1) is 34.0 Å². The summed E-state index contributed by atoms with van der Waals surface area (Å²) in [5.41, 5.74) is 8.92. The highest BCUT2D eigenvalue weighted by Gasteiger charge is 2.21. The summed E-state index contributed by atoms with van der Waals surface area (Å²) in [5.74, 6) is 0. The zero-order chi connectivity index (χ0) is 29.8. The van der Waals surface area contributed by atoms with Gasteiger partial charge in [0.15, 0.2) is 0 Å². The molecular weight excluding hydrogens is 540 g/mol. The normalized spacial score (nSPS) is 11.1. The molecule has 0 spiro atoms. The summed E-state index contributed by atoms with van der Waals surface area (Å²) in [5, 5.41) is 33.9. The Kier molecular flexibility index (Phi) is 5.53. The fourth-order valence-corrected chi connectivity index (χ4v) is 6.40. The van der Waals surface area contributed by atoms with Crippen molar-refractivity contribution in [2.24, 2.45) is 0 Å². The standard InChI is InChI=1S/C38H20N6/c39-21-24-9-11-35-31(17-24)28-5-1-3-7-33(28)43(35)37-20-30(26-13-15-42-16-14-26)38(19-27(37)23-41)44-34-8-4-2-6-29(34)32-18-25(22-40)10-12-36(32)44/h1-20H. The van der Waals surface area contributed by atoms with Crippen molar-refractivity contribution in [2.45, 2.75) is 0 Å². The topological polar surface area (TPSA) is 94.1 Å². The lowest BCUT2D eigenvalue weighted by molar-refractivity contribution is 1.13. The minimum absolute atomic E-state index is 0.504. The first-order valence-electron chi connectivity index (χ1n) is 14.1. The predicted octanol–water partition coefficient (Wildman–Crippen LogP) is 8.56. The van der Waals surface area contributed by atoms with Crippen LogP contribution in [0.25, 0.3) is 66.1 Å². The molecule has 0 saturated carbocycles. The molecule has 0 aliphatic carbocycles. The lowest BCUT2D eigenvalue weighted by Crippen LogP contribution is -2.04.